The fraction of sp³-hybridized carbons (Fsp3) is 0.579. The molecule has 24 heavy (non-hydrogen) atoms. The van der Waals surface area contributed by atoms with Crippen LogP contribution in [0.5, 0.6) is 0 Å². The number of carbonyl (C=O) groups is 2. The number of hydrogen-bond acceptors (Lipinski definition) is 3. The van der Waals surface area contributed by atoms with Crippen molar-refractivity contribution in [2.75, 3.05) is 26.2 Å². The fourth-order valence-electron chi connectivity index (χ4n) is 4.34. The maximum atomic E-state index is 12.8. The van der Waals surface area contributed by atoms with Crippen molar-refractivity contribution >= 4 is 11.8 Å². The summed E-state index contributed by atoms with van der Waals surface area (Å²) < 4.78 is 0. The van der Waals surface area contributed by atoms with Gasteiger partial charge in [-0.2, -0.15) is 0 Å². The molecule has 1 aromatic rings. The molecule has 3 saturated heterocycles. The molecule has 3 aliphatic rings. The quantitative estimate of drug-likeness (QED) is 0.823. The smallest absolute Gasteiger partial charge is 0.247 e. The van der Waals surface area contributed by atoms with Crippen LogP contribution in [0, 0.1) is 13.8 Å². The predicted molar refractivity (Wildman–Crippen MR) is 91.4 cm³/mol. The molecule has 0 unspecified atom stereocenters. The van der Waals surface area contributed by atoms with E-state index in [-0.39, 0.29) is 23.9 Å². The van der Waals surface area contributed by atoms with Crippen molar-refractivity contribution in [3.8, 4) is 0 Å². The highest BCUT2D eigenvalue weighted by Crippen LogP contribution is 2.29. The summed E-state index contributed by atoms with van der Waals surface area (Å²) in [5.74, 6) is 0.325. The van der Waals surface area contributed by atoms with Crippen molar-refractivity contribution in [1.29, 1.82) is 0 Å². The maximum Gasteiger partial charge on any atom is 0.247 e. The van der Waals surface area contributed by atoms with Gasteiger partial charge in [0.2, 0.25) is 11.8 Å². The van der Waals surface area contributed by atoms with Gasteiger partial charge in [-0.25, -0.2) is 0 Å². The average molecular weight is 327 g/mol. The molecule has 3 fully saturated rings. The summed E-state index contributed by atoms with van der Waals surface area (Å²) in [5.41, 5.74) is 3.86. The number of rotatable bonds is 2. The van der Waals surface area contributed by atoms with E-state index in [1.165, 1.54) is 16.7 Å². The van der Waals surface area contributed by atoms with E-state index in [0.29, 0.717) is 13.1 Å². The van der Waals surface area contributed by atoms with E-state index in [0.717, 1.165) is 32.5 Å². The zero-order valence-corrected chi connectivity index (χ0v) is 14.5. The van der Waals surface area contributed by atoms with Crippen molar-refractivity contribution < 1.29 is 9.59 Å². The number of carbonyl (C=O) groups excluding carboxylic acids is 2. The Hall–Kier alpha value is -1.88. The lowest BCUT2D eigenvalue weighted by Gasteiger charge is -2.47. The summed E-state index contributed by atoms with van der Waals surface area (Å²) in [6, 6.07) is 6.05. The lowest BCUT2D eigenvalue weighted by molar-refractivity contribution is -0.163. The van der Waals surface area contributed by atoms with Crippen molar-refractivity contribution in [3.05, 3.63) is 34.9 Å². The van der Waals surface area contributed by atoms with Crippen LogP contribution in [0.15, 0.2) is 18.2 Å². The summed E-state index contributed by atoms with van der Waals surface area (Å²) in [6.45, 7) is 8.01. The minimum absolute atomic E-state index is 0.155. The summed E-state index contributed by atoms with van der Waals surface area (Å²) >= 11 is 0. The first-order valence-corrected chi connectivity index (χ1v) is 8.94. The van der Waals surface area contributed by atoms with Crippen LogP contribution in [0.4, 0.5) is 0 Å². The Morgan fingerprint density at radius 2 is 1.75 bits per heavy atom. The van der Waals surface area contributed by atoms with Crippen LogP contribution in [-0.4, -0.2) is 64.8 Å². The molecule has 0 N–H and O–H groups in total. The Kier molecular flexibility index (Phi) is 3.83. The Bertz CT molecular complexity index is 687. The van der Waals surface area contributed by atoms with Crippen LogP contribution in [-0.2, 0) is 16.1 Å². The average Bonchev–Trinajstić information content (AvgIpc) is 3.06. The third-order valence-corrected chi connectivity index (χ3v) is 5.75. The van der Waals surface area contributed by atoms with Crippen LogP contribution in [0.25, 0.3) is 0 Å². The van der Waals surface area contributed by atoms with E-state index in [2.05, 4.69) is 36.9 Å². The zero-order chi connectivity index (χ0) is 16.8. The van der Waals surface area contributed by atoms with Crippen molar-refractivity contribution in [2.45, 2.75) is 45.3 Å². The molecule has 0 aliphatic carbocycles. The molecular formula is C19H25N3O2. The molecule has 2 atom stereocenters. The standard InChI is InChI=1S/C19H25N3O2/c1-13-5-6-14(2)15(10-13)11-20-8-9-22-17(12-20)19(24)21-7-3-4-16(21)18(22)23/h5-6,10,16-17H,3-4,7-9,11-12H2,1-2H3/t16-,17-/m1/s1. The van der Waals surface area contributed by atoms with Gasteiger partial charge in [-0.15, -0.1) is 0 Å². The topological polar surface area (TPSA) is 43.9 Å². The molecule has 0 radical (unpaired) electrons. The minimum Gasteiger partial charge on any atom is -0.329 e. The normalized spacial score (nSPS) is 27.4. The summed E-state index contributed by atoms with van der Waals surface area (Å²) in [5, 5.41) is 0. The van der Waals surface area contributed by atoms with Gasteiger partial charge in [0.05, 0.1) is 0 Å². The highest BCUT2D eigenvalue weighted by Gasteiger charge is 2.49. The molecule has 0 saturated carbocycles. The highest BCUT2D eigenvalue weighted by atomic mass is 16.2. The van der Waals surface area contributed by atoms with Gasteiger partial charge in [0.1, 0.15) is 12.1 Å². The number of piperazine rings is 2. The molecule has 128 valence electrons. The molecule has 0 aromatic heterocycles. The van der Waals surface area contributed by atoms with Gasteiger partial charge in [-0.1, -0.05) is 23.8 Å². The van der Waals surface area contributed by atoms with Crippen LogP contribution in [0.2, 0.25) is 0 Å². The second-order valence-corrected chi connectivity index (χ2v) is 7.40. The van der Waals surface area contributed by atoms with Crippen LogP contribution >= 0.6 is 0 Å². The van der Waals surface area contributed by atoms with Gasteiger partial charge >= 0.3 is 0 Å². The number of hydrogen-bond donors (Lipinski definition) is 0. The van der Waals surface area contributed by atoms with Crippen molar-refractivity contribution in [2.24, 2.45) is 0 Å². The van der Waals surface area contributed by atoms with E-state index < -0.39 is 0 Å². The lowest BCUT2D eigenvalue weighted by atomic mass is 10.0. The first kappa shape index (κ1) is 15.6. The number of fused-ring (bicyclic) bond motifs is 2. The molecule has 2 amide bonds. The Balaban J connectivity index is 1.51. The van der Waals surface area contributed by atoms with Gasteiger partial charge in [0, 0.05) is 32.7 Å². The molecule has 0 spiro atoms. The molecular weight excluding hydrogens is 302 g/mol. The molecule has 5 heteroatoms. The van der Waals surface area contributed by atoms with Gasteiger partial charge in [0.15, 0.2) is 0 Å². The van der Waals surface area contributed by atoms with E-state index in [4.69, 9.17) is 0 Å². The van der Waals surface area contributed by atoms with Gasteiger partial charge in [0.25, 0.3) is 0 Å². The zero-order valence-electron chi connectivity index (χ0n) is 14.5. The number of amides is 2. The number of aryl methyl sites for hydroxylation is 2. The summed E-state index contributed by atoms with van der Waals surface area (Å²) in [7, 11) is 0. The lowest BCUT2D eigenvalue weighted by Crippen LogP contribution is -2.68. The molecule has 5 nitrogen and oxygen atoms in total. The Labute approximate surface area is 143 Å². The van der Waals surface area contributed by atoms with Crippen molar-refractivity contribution in [1.82, 2.24) is 14.7 Å². The minimum atomic E-state index is -0.286. The molecule has 3 heterocycles. The largest absolute Gasteiger partial charge is 0.329 e. The van der Waals surface area contributed by atoms with Gasteiger partial charge in [-0.3, -0.25) is 14.5 Å². The highest BCUT2D eigenvalue weighted by molar-refractivity contribution is 5.97. The van der Waals surface area contributed by atoms with Crippen LogP contribution in [0.1, 0.15) is 29.5 Å². The Morgan fingerprint density at radius 1 is 1.00 bits per heavy atom. The first-order valence-electron chi connectivity index (χ1n) is 8.94. The van der Waals surface area contributed by atoms with Crippen LogP contribution < -0.4 is 0 Å². The van der Waals surface area contributed by atoms with Crippen molar-refractivity contribution in [3.63, 3.8) is 0 Å². The summed E-state index contributed by atoms with van der Waals surface area (Å²) in [4.78, 5) is 31.5. The third kappa shape index (κ3) is 2.51. The van der Waals surface area contributed by atoms with E-state index in [1.54, 1.807) is 0 Å². The second kappa shape index (κ2) is 5.88. The fourth-order valence-corrected chi connectivity index (χ4v) is 4.34. The number of nitrogens with zero attached hydrogens (tertiary/aromatic N) is 3. The molecule has 4 rings (SSSR count). The van der Waals surface area contributed by atoms with E-state index >= 15 is 0 Å². The van der Waals surface area contributed by atoms with Gasteiger partial charge in [-0.05, 0) is 37.8 Å². The third-order valence-electron chi connectivity index (χ3n) is 5.75. The SMILES string of the molecule is Cc1ccc(C)c(CN2CCN3C(=O)[C@H]4CCCN4C(=O)[C@H]3C2)c1. The summed E-state index contributed by atoms with van der Waals surface area (Å²) in [6.07, 6.45) is 1.79. The van der Waals surface area contributed by atoms with Gasteiger partial charge < -0.3 is 9.80 Å². The maximum absolute atomic E-state index is 12.8. The first-order chi connectivity index (χ1) is 11.5. The van der Waals surface area contributed by atoms with Crippen LogP contribution in [0.3, 0.4) is 0 Å². The van der Waals surface area contributed by atoms with E-state index in [1.807, 2.05) is 9.80 Å². The molecule has 0 bridgehead atoms. The second-order valence-electron chi connectivity index (χ2n) is 7.40. The Morgan fingerprint density at radius 3 is 2.58 bits per heavy atom. The van der Waals surface area contributed by atoms with E-state index in [9.17, 15) is 9.59 Å². The monoisotopic (exact) mass is 327 g/mol. The number of benzene rings is 1. The predicted octanol–water partition coefficient (Wildman–Crippen LogP) is 1.32. The molecule has 3 aliphatic heterocycles. The molecule has 1 aromatic carbocycles.